The van der Waals surface area contributed by atoms with Gasteiger partial charge in [0.2, 0.25) is 0 Å². The summed E-state index contributed by atoms with van der Waals surface area (Å²) in [4.78, 5) is 24.3. The molecular formula is C13H12F3NO3S. The van der Waals surface area contributed by atoms with Gasteiger partial charge in [-0.05, 0) is 30.3 Å². The number of hydrogen-bond acceptors (Lipinski definition) is 3. The van der Waals surface area contributed by atoms with Crippen molar-refractivity contribution in [1.82, 2.24) is 4.90 Å². The summed E-state index contributed by atoms with van der Waals surface area (Å²) in [5, 5.41) is 8.90. The molecule has 1 saturated heterocycles. The fraction of sp³-hybridized carbons (Fsp3) is 0.385. The topological polar surface area (TPSA) is 57.6 Å². The summed E-state index contributed by atoms with van der Waals surface area (Å²) < 4.78 is 37.5. The normalized spacial score (nSPS) is 18.8. The number of amides is 1. The minimum Gasteiger partial charge on any atom is -0.481 e. The maximum absolute atomic E-state index is 12.5. The van der Waals surface area contributed by atoms with E-state index < -0.39 is 23.3 Å². The number of halogens is 3. The SMILES string of the molecule is O=C(O)C1CCN(C(=O)c2ccccc2SC(F)(F)F)C1. The van der Waals surface area contributed by atoms with E-state index in [0.29, 0.717) is 6.42 Å². The number of rotatable bonds is 3. The first-order valence-corrected chi connectivity index (χ1v) is 6.96. The van der Waals surface area contributed by atoms with Crippen LogP contribution in [0.5, 0.6) is 0 Å². The van der Waals surface area contributed by atoms with E-state index in [9.17, 15) is 22.8 Å². The number of hydrogen-bond donors (Lipinski definition) is 1. The van der Waals surface area contributed by atoms with Gasteiger partial charge in [-0.1, -0.05) is 12.1 Å². The van der Waals surface area contributed by atoms with Crippen molar-refractivity contribution in [2.45, 2.75) is 16.8 Å². The van der Waals surface area contributed by atoms with Crippen LogP contribution in [-0.2, 0) is 4.79 Å². The molecule has 1 amide bonds. The van der Waals surface area contributed by atoms with Gasteiger partial charge in [0, 0.05) is 18.0 Å². The third kappa shape index (κ3) is 3.90. The second-order valence-corrected chi connectivity index (χ2v) is 5.73. The van der Waals surface area contributed by atoms with Crippen LogP contribution in [-0.4, -0.2) is 40.5 Å². The van der Waals surface area contributed by atoms with Crippen LogP contribution in [0.4, 0.5) is 13.2 Å². The lowest BCUT2D eigenvalue weighted by Crippen LogP contribution is -2.30. The Balaban J connectivity index is 2.18. The van der Waals surface area contributed by atoms with Crippen molar-refractivity contribution >= 4 is 23.6 Å². The first-order valence-electron chi connectivity index (χ1n) is 6.15. The fourth-order valence-corrected chi connectivity index (χ4v) is 2.83. The Morgan fingerprint density at radius 2 is 1.95 bits per heavy atom. The summed E-state index contributed by atoms with van der Waals surface area (Å²) in [5.41, 5.74) is -4.53. The molecule has 0 aliphatic carbocycles. The second-order valence-electron chi connectivity index (χ2n) is 4.62. The molecule has 4 nitrogen and oxygen atoms in total. The average Bonchev–Trinajstić information content (AvgIpc) is 2.86. The monoisotopic (exact) mass is 319 g/mol. The number of benzene rings is 1. The van der Waals surface area contributed by atoms with Gasteiger partial charge in [0.15, 0.2) is 0 Å². The molecule has 1 atom stereocenters. The van der Waals surface area contributed by atoms with Crippen molar-refractivity contribution in [2.24, 2.45) is 5.92 Å². The van der Waals surface area contributed by atoms with Crippen molar-refractivity contribution < 1.29 is 27.9 Å². The van der Waals surface area contributed by atoms with Crippen LogP contribution in [0.2, 0.25) is 0 Å². The van der Waals surface area contributed by atoms with Gasteiger partial charge in [-0.2, -0.15) is 13.2 Å². The summed E-state index contributed by atoms with van der Waals surface area (Å²) in [6.07, 6.45) is 0.315. The third-order valence-electron chi connectivity index (χ3n) is 3.17. The van der Waals surface area contributed by atoms with E-state index in [2.05, 4.69) is 0 Å². The zero-order valence-electron chi connectivity index (χ0n) is 10.8. The highest BCUT2D eigenvalue weighted by molar-refractivity contribution is 8.00. The Hall–Kier alpha value is -1.70. The van der Waals surface area contributed by atoms with Crippen LogP contribution in [0.3, 0.4) is 0 Å². The number of carboxylic acids is 1. The second kappa shape index (κ2) is 5.97. The summed E-state index contributed by atoms with van der Waals surface area (Å²) in [6.45, 7) is 0.264. The quantitative estimate of drug-likeness (QED) is 0.871. The van der Waals surface area contributed by atoms with Crippen LogP contribution in [0.15, 0.2) is 29.2 Å². The van der Waals surface area contributed by atoms with E-state index in [1.807, 2.05) is 0 Å². The molecule has 1 heterocycles. The molecule has 1 aromatic rings. The summed E-state index contributed by atoms with van der Waals surface area (Å²) >= 11 is -0.342. The molecule has 0 spiro atoms. The number of carbonyl (C=O) groups is 2. The minimum absolute atomic E-state index is 0.0270. The first-order chi connectivity index (χ1) is 9.78. The maximum atomic E-state index is 12.5. The van der Waals surface area contributed by atoms with E-state index in [4.69, 9.17) is 5.11 Å². The molecule has 0 aromatic heterocycles. The third-order valence-corrected chi connectivity index (χ3v) is 3.98. The van der Waals surface area contributed by atoms with Gasteiger partial charge in [-0.3, -0.25) is 9.59 Å². The average molecular weight is 319 g/mol. The van der Waals surface area contributed by atoms with Crippen LogP contribution in [0, 0.1) is 5.92 Å². The zero-order chi connectivity index (χ0) is 15.6. The number of alkyl halides is 3. The zero-order valence-corrected chi connectivity index (χ0v) is 11.6. The largest absolute Gasteiger partial charge is 0.481 e. The van der Waals surface area contributed by atoms with Crippen LogP contribution >= 0.6 is 11.8 Å². The van der Waals surface area contributed by atoms with E-state index in [-0.39, 0.29) is 35.3 Å². The van der Waals surface area contributed by atoms with Gasteiger partial charge in [-0.25, -0.2) is 0 Å². The molecule has 114 valence electrons. The molecule has 8 heteroatoms. The van der Waals surface area contributed by atoms with E-state index in [1.165, 1.54) is 29.2 Å². The number of carboxylic acid groups (broad SMARTS) is 1. The van der Waals surface area contributed by atoms with Crippen molar-refractivity contribution in [3.05, 3.63) is 29.8 Å². The van der Waals surface area contributed by atoms with Gasteiger partial charge in [0.25, 0.3) is 5.91 Å². The van der Waals surface area contributed by atoms with E-state index in [0.717, 1.165) is 0 Å². The molecule has 1 unspecified atom stereocenters. The predicted octanol–water partition coefficient (Wildman–Crippen LogP) is 2.85. The van der Waals surface area contributed by atoms with Crippen molar-refractivity contribution in [3.63, 3.8) is 0 Å². The lowest BCUT2D eigenvalue weighted by molar-refractivity contribution is -0.141. The molecular weight excluding hydrogens is 307 g/mol. The molecule has 1 aromatic carbocycles. The Kier molecular flexibility index (Phi) is 4.46. The van der Waals surface area contributed by atoms with Crippen molar-refractivity contribution in [2.75, 3.05) is 13.1 Å². The molecule has 21 heavy (non-hydrogen) atoms. The summed E-state index contributed by atoms with van der Waals surface area (Å²) in [7, 11) is 0. The highest BCUT2D eigenvalue weighted by Crippen LogP contribution is 2.39. The maximum Gasteiger partial charge on any atom is 0.446 e. The summed E-state index contributed by atoms with van der Waals surface area (Å²) in [6, 6.07) is 5.47. The van der Waals surface area contributed by atoms with Gasteiger partial charge in [0.05, 0.1) is 11.5 Å². The molecule has 1 N–H and O–H groups in total. The van der Waals surface area contributed by atoms with Crippen LogP contribution in [0.1, 0.15) is 16.8 Å². The molecule has 1 fully saturated rings. The first kappa shape index (κ1) is 15.7. The standard InChI is InChI=1S/C13H12F3NO3S/c14-13(15,16)21-10-4-2-1-3-9(10)11(18)17-6-5-8(7-17)12(19)20/h1-4,8H,5-7H2,(H,19,20). The number of aliphatic carboxylic acids is 1. The van der Waals surface area contributed by atoms with Crippen LogP contribution < -0.4 is 0 Å². The Morgan fingerprint density at radius 3 is 2.52 bits per heavy atom. The number of carbonyl (C=O) groups excluding carboxylic acids is 1. The van der Waals surface area contributed by atoms with Gasteiger partial charge >= 0.3 is 11.5 Å². The molecule has 1 aliphatic heterocycles. The number of likely N-dealkylation sites (tertiary alicyclic amines) is 1. The van der Waals surface area contributed by atoms with Gasteiger partial charge < -0.3 is 10.0 Å². The highest BCUT2D eigenvalue weighted by Gasteiger charge is 2.35. The lowest BCUT2D eigenvalue weighted by Gasteiger charge is -2.18. The highest BCUT2D eigenvalue weighted by atomic mass is 32.2. The molecule has 0 bridgehead atoms. The molecule has 2 rings (SSSR count). The number of nitrogens with zero attached hydrogens (tertiary/aromatic N) is 1. The fourth-order valence-electron chi connectivity index (χ4n) is 2.17. The van der Waals surface area contributed by atoms with Crippen molar-refractivity contribution in [1.29, 1.82) is 0 Å². The molecule has 1 aliphatic rings. The van der Waals surface area contributed by atoms with Gasteiger partial charge in [0.1, 0.15) is 0 Å². The Morgan fingerprint density at radius 1 is 1.29 bits per heavy atom. The Bertz CT molecular complexity index is 562. The smallest absolute Gasteiger partial charge is 0.446 e. The molecule has 0 radical (unpaired) electrons. The van der Waals surface area contributed by atoms with Gasteiger partial charge in [-0.15, -0.1) is 0 Å². The van der Waals surface area contributed by atoms with E-state index >= 15 is 0 Å². The van der Waals surface area contributed by atoms with E-state index in [1.54, 1.807) is 0 Å². The Labute approximate surface area is 122 Å². The predicted molar refractivity (Wildman–Crippen MR) is 70.0 cm³/mol. The van der Waals surface area contributed by atoms with Crippen molar-refractivity contribution in [3.8, 4) is 0 Å². The molecule has 0 saturated carbocycles. The number of thioether (sulfide) groups is 1. The lowest BCUT2D eigenvalue weighted by atomic mass is 10.1. The summed E-state index contributed by atoms with van der Waals surface area (Å²) in [5.74, 6) is -2.22. The minimum atomic E-state index is -4.48. The van der Waals surface area contributed by atoms with Crippen LogP contribution in [0.25, 0.3) is 0 Å².